The number of hydrogen-bond donors (Lipinski definition) is 1. The predicted molar refractivity (Wildman–Crippen MR) is 103 cm³/mol. The summed E-state index contributed by atoms with van der Waals surface area (Å²) in [4.78, 5) is 9.45. The third kappa shape index (κ3) is 6.85. The minimum Gasteiger partial charge on any atom is -0.357 e. The van der Waals surface area contributed by atoms with E-state index >= 15 is 0 Å². The number of halogens is 1. The van der Waals surface area contributed by atoms with Crippen LogP contribution in [-0.2, 0) is 0 Å². The van der Waals surface area contributed by atoms with Gasteiger partial charge < -0.3 is 15.1 Å². The maximum absolute atomic E-state index is 4.81. The Labute approximate surface area is 146 Å². The first-order valence-electron chi connectivity index (χ1n) is 7.39. The van der Waals surface area contributed by atoms with Gasteiger partial charge in [0.25, 0.3) is 0 Å². The van der Waals surface area contributed by atoms with Crippen molar-refractivity contribution in [3.63, 3.8) is 0 Å². The lowest BCUT2D eigenvalue weighted by molar-refractivity contribution is 0.318. The summed E-state index contributed by atoms with van der Waals surface area (Å²) in [5.74, 6) is 2.31. The summed E-state index contributed by atoms with van der Waals surface area (Å²) in [5.41, 5.74) is 0. The highest BCUT2D eigenvalue weighted by atomic mass is 127. The highest BCUT2D eigenvalue weighted by Crippen LogP contribution is 2.21. The van der Waals surface area contributed by atoms with Gasteiger partial charge in [0.05, 0.1) is 6.54 Å². The summed E-state index contributed by atoms with van der Waals surface area (Å²) in [7, 11) is 4.22. The zero-order valence-corrected chi connectivity index (χ0v) is 16.7. The fourth-order valence-corrected chi connectivity index (χ4v) is 3.15. The van der Waals surface area contributed by atoms with Crippen molar-refractivity contribution in [1.82, 2.24) is 15.1 Å². The molecular formula is C14H31IN4S. The number of nitrogens with one attached hydrogen (secondary N) is 1. The van der Waals surface area contributed by atoms with Gasteiger partial charge in [-0.25, -0.2) is 0 Å². The highest BCUT2D eigenvalue weighted by Gasteiger charge is 2.21. The largest absolute Gasteiger partial charge is 0.357 e. The summed E-state index contributed by atoms with van der Waals surface area (Å²) in [6, 6.07) is 0.481. The van der Waals surface area contributed by atoms with Crippen molar-refractivity contribution in [2.24, 2.45) is 4.99 Å². The van der Waals surface area contributed by atoms with E-state index in [-0.39, 0.29) is 24.0 Å². The zero-order chi connectivity index (χ0) is 14.3. The molecule has 0 aromatic carbocycles. The van der Waals surface area contributed by atoms with E-state index < -0.39 is 0 Å². The van der Waals surface area contributed by atoms with E-state index in [1.807, 2.05) is 0 Å². The number of nitrogens with zero attached hydrogens (tertiary/aromatic N) is 3. The van der Waals surface area contributed by atoms with Gasteiger partial charge in [-0.05, 0) is 34.4 Å². The number of rotatable bonds is 5. The molecule has 1 heterocycles. The Hall–Kier alpha value is 0.310. The van der Waals surface area contributed by atoms with E-state index in [1.165, 1.54) is 12.2 Å². The van der Waals surface area contributed by atoms with Gasteiger partial charge in [-0.3, -0.25) is 4.99 Å². The molecule has 2 atom stereocenters. The van der Waals surface area contributed by atoms with Gasteiger partial charge >= 0.3 is 0 Å². The van der Waals surface area contributed by atoms with Crippen molar-refractivity contribution < 1.29 is 0 Å². The van der Waals surface area contributed by atoms with Crippen LogP contribution in [0.5, 0.6) is 0 Å². The quantitative estimate of drug-likeness (QED) is 0.425. The van der Waals surface area contributed by atoms with E-state index in [0.717, 1.165) is 37.4 Å². The molecule has 0 amide bonds. The topological polar surface area (TPSA) is 30.9 Å². The van der Waals surface area contributed by atoms with E-state index in [9.17, 15) is 0 Å². The Balaban J connectivity index is 0.00000361. The molecule has 120 valence electrons. The van der Waals surface area contributed by atoms with Gasteiger partial charge in [0.15, 0.2) is 5.96 Å². The molecule has 0 spiro atoms. The van der Waals surface area contributed by atoms with Crippen molar-refractivity contribution in [3.05, 3.63) is 0 Å². The second kappa shape index (κ2) is 11.0. The average Bonchev–Trinajstić information content (AvgIpc) is 2.42. The van der Waals surface area contributed by atoms with Gasteiger partial charge in [0, 0.05) is 36.7 Å². The molecule has 20 heavy (non-hydrogen) atoms. The summed E-state index contributed by atoms with van der Waals surface area (Å²) in [5, 5.41) is 4.19. The van der Waals surface area contributed by atoms with E-state index in [1.54, 1.807) is 0 Å². The third-order valence-electron chi connectivity index (χ3n) is 3.62. The van der Waals surface area contributed by atoms with Crippen LogP contribution in [0.25, 0.3) is 0 Å². The van der Waals surface area contributed by atoms with E-state index in [2.05, 4.69) is 61.7 Å². The average molecular weight is 414 g/mol. The van der Waals surface area contributed by atoms with Crippen molar-refractivity contribution >= 4 is 41.7 Å². The third-order valence-corrected chi connectivity index (χ3v) is 4.99. The van der Waals surface area contributed by atoms with Gasteiger partial charge in [-0.1, -0.05) is 6.92 Å². The summed E-state index contributed by atoms with van der Waals surface area (Å²) in [6.07, 6.45) is 1.24. The van der Waals surface area contributed by atoms with Crippen molar-refractivity contribution in [2.75, 3.05) is 46.0 Å². The van der Waals surface area contributed by atoms with Crippen LogP contribution in [-0.4, -0.2) is 73.1 Å². The molecule has 1 aliphatic rings. The Bertz CT molecular complexity index is 286. The molecule has 0 aliphatic carbocycles. The minimum absolute atomic E-state index is 0. The second-order valence-corrected chi connectivity index (χ2v) is 6.76. The number of thioether (sulfide) groups is 1. The number of likely N-dealkylation sites (N-methyl/N-ethyl adjacent to an activating group) is 1. The fraction of sp³-hybridized carbons (Fsp3) is 0.929. The van der Waals surface area contributed by atoms with Gasteiger partial charge in [0.1, 0.15) is 0 Å². The van der Waals surface area contributed by atoms with Gasteiger partial charge in [-0.2, -0.15) is 11.8 Å². The van der Waals surface area contributed by atoms with Crippen molar-refractivity contribution in [2.45, 2.75) is 38.5 Å². The van der Waals surface area contributed by atoms with Crippen LogP contribution in [0.1, 0.15) is 27.2 Å². The lowest BCUT2D eigenvalue weighted by Crippen LogP contribution is -2.48. The predicted octanol–water partition coefficient (Wildman–Crippen LogP) is 2.35. The molecular weight excluding hydrogens is 383 g/mol. The smallest absolute Gasteiger partial charge is 0.194 e. The maximum atomic E-state index is 4.81. The normalized spacial score (nSPS) is 21.6. The van der Waals surface area contributed by atoms with Crippen LogP contribution in [0.4, 0.5) is 0 Å². The van der Waals surface area contributed by atoms with Crippen LogP contribution in [0.3, 0.4) is 0 Å². The molecule has 1 aliphatic heterocycles. The van der Waals surface area contributed by atoms with Crippen LogP contribution < -0.4 is 5.32 Å². The first kappa shape index (κ1) is 20.3. The van der Waals surface area contributed by atoms with Crippen molar-refractivity contribution in [1.29, 1.82) is 0 Å². The van der Waals surface area contributed by atoms with Crippen LogP contribution in [0.15, 0.2) is 4.99 Å². The van der Waals surface area contributed by atoms with Crippen LogP contribution in [0.2, 0.25) is 0 Å². The Kier molecular flexibility index (Phi) is 11.1. The molecule has 1 fully saturated rings. The molecule has 0 bridgehead atoms. The molecule has 1 rings (SSSR count). The Morgan fingerprint density at radius 1 is 1.45 bits per heavy atom. The molecule has 1 saturated heterocycles. The van der Waals surface area contributed by atoms with Gasteiger partial charge in [-0.15, -0.1) is 24.0 Å². The standard InChI is InChI=1S/C14H30N4S.HI/c1-6-13-11-18(8-9-19-13)14(15-7-2)16-10-12(3)17(4)5;/h12-13H,6-11H2,1-5H3,(H,15,16);1H. The number of guanidine groups is 1. The molecule has 2 unspecified atom stereocenters. The van der Waals surface area contributed by atoms with E-state index in [4.69, 9.17) is 4.99 Å². The number of aliphatic imine (C=N–C) groups is 1. The monoisotopic (exact) mass is 414 g/mol. The maximum Gasteiger partial charge on any atom is 0.194 e. The highest BCUT2D eigenvalue weighted by molar-refractivity contribution is 14.0. The number of hydrogen-bond acceptors (Lipinski definition) is 3. The van der Waals surface area contributed by atoms with E-state index in [0.29, 0.717) is 6.04 Å². The Morgan fingerprint density at radius 2 is 2.15 bits per heavy atom. The summed E-state index contributed by atoms with van der Waals surface area (Å²) < 4.78 is 0. The first-order valence-corrected chi connectivity index (χ1v) is 8.44. The molecule has 6 heteroatoms. The fourth-order valence-electron chi connectivity index (χ4n) is 1.97. The first-order chi connectivity index (χ1) is 9.08. The summed E-state index contributed by atoms with van der Waals surface area (Å²) in [6.45, 7) is 10.7. The Morgan fingerprint density at radius 3 is 2.70 bits per heavy atom. The van der Waals surface area contributed by atoms with Gasteiger partial charge in [0.2, 0.25) is 0 Å². The van der Waals surface area contributed by atoms with Crippen LogP contribution in [0, 0.1) is 0 Å². The molecule has 0 radical (unpaired) electrons. The SMILES string of the molecule is CCNC(=NCC(C)N(C)C)N1CCSC(CC)C1.I. The lowest BCUT2D eigenvalue weighted by Gasteiger charge is -2.34. The summed E-state index contributed by atoms with van der Waals surface area (Å²) >= 11 is 2.10. The molecule has 4 nitrogen and oxygen atoms in total. The molecule has 0 aromatic heterocycles. The minimum atomic E-state index is 0. The molecule has 0 saturated carbocycles. The molecule has 0 aromatic rings. The zero-order valence-electron chi connectivity index (χ0n) is 13.6. The van der Waals surface area contributed by atoms with Crippen molar-refractivity contribution in [3.8, 4) is 0 Å². The second-order valence-electron chi connectivity index (χ2n) is 5.35. The lowest BCUT2D eigenvalue weighted by atomic mass is 10.3. The molecule has 1 N–H and O–H groups in total. The van der Waals surface area contributed by atoms with Crippen LogP contribution >= 0.6 is 35.7 Å².